The van der Waals surface area contributed by atoms with Crippen molar-refractivity contribution in [2.24, 2.45) is 0 Å². The maximum Gasteiger partial charge on any atom is 0.254 e. The molecule has 0 aliphatic heterocycles. The number of rotatable bonds is 10. The highest BCUT2D eigenvalue weighted by atomic mass is 19.1. The fraction of sp³-hybridized carbons (Fsp3) is 0.286. The lowest BCUT2D eigenvalue weighted by Crippen LogP contribution is -2.25. The number of para-hydroxylation sites is 2. The third-order valence-corrected chi connectivity index (χ3v) is 5.83. The molecule has 1 N–H and O–H groups in total. The summed E-state index contributed by atoms with van der Waals surface area (Å²) in [4.78, 5) is 17.0. The van der Waals surface area contributed by atoms with Crippen molar-refractivity contribution in [3.63, 3.8) is 0 Å². The number of imidazole rings is 1. The number of fused-ring (bicyclic) bond motifs is 1. The molecule has 1 heterocycles. The zero-order valence-electron chi connectivity index (χ0n) is 19.7. The quantitative estimate of drug-likeness (QED) is 0.313. The number of nitrogens with zero attached hydrogens (tertiary/aromatic N) is 2. The van der Waals surface area contributed by atoms with Crippen LogP contribution in [-0.4, -0.2) is 28.6 Å². The van der Waals surface area contributed by atoms with Crippen LogP contribution in [0.3, 0.4) is 0 Å². The lowest BCUT2D eigenvalue weighted by atomic mass is 10.1. The highest BCUT2D eigenvalue weighted by molar-refractivity contribution is 5.94. The summed E-state index contributed by atoms with van der Waals surface area (Å²) in [6, 6.07) is 20.3. The molecule has 5 nitrogen and oxygen atoms in total. The van der Waals surface area contributed by atoms with Crippen molar-refractivity contribution in [3.05, 3.63) is 95.1 Å². The van der Waals surface area contributed by atoms with Crippen molar-refractivity contribution in [2.45, 2.75) is 39.7 Å². The molecule has 4 aromatic rings. The molecule has 0 aliphatic rings. The van der Waals surface area contributed by atoms with Gasteiger partial charge in [0, 0.05) is 19.5 Å². The number of halogens is 1. The second-order valence-corrected chi connectivity index (χ2v) is 8.48. The van der Waals surface area contributed by atoms with Crippen LogP contribution in [0.2, 0.25) is 0 Å². The fourth-order valence-electron chi connectivity index (χ4n) is 4.12. The van der Waals surface area contributed by atoms with Gasteiger partial charge in [0.05, 0.1) is 23.2 Å². The lowest BCUT2D eigenvalue weighted by molar-refractivity contribution is 0.0949. The standard InChI is InChI=1S/C28H30FN3O2/c1-20-14-15-26(21(2)19-20)34-18-8-17-32-25-12-6-5-11-24(25)31-27(32)13-7-16-30-28(33)22-9-3-4-10-23(22)29/h3-6,9-12,14-15,19H,7-8,13,16-18H2,1-2H3,(H,30,33). The van der Waals surface area contributed by atoms with E-state index in [1.807, 2.05) is 24.3 Å². The van der Waals surface area contributed by atoms with Gasteiger partial charge in [0.25, 0.3) is 5.91 Å². The number of benzene rings is 3. The molecule has 0 atom stereocenters. The van der Waals surface area contributed by atoms with Gasteiger partial charge in [0.1, 0.15) is 17.4 Å². The molecule has 0 aliphatic carbocycles. The normalized spacial score (nSPS) is 11.0. The molecular formula is C28H30FN3O2. The average molecular weight is 460 g/mol. The molecule has 0 fully saturated rings. The molecule has 0 saturated carbocycles. The third kappa shape index (κ3) is 5.63. The van der Waals surface area contributed by atoms with Gasteiger partial charge in [-0.05, 0) is 62.6 Å². The summed E-state index contributed by atoms with van der Waals surface area (Å²) < 4.78 is 22.0. The summed E-state index contributed by atoms with van der Waals surface area (Å²) in [6.07, 6.45) is 2.28. The Hall–Kier alpha value is -3.67. The first kappa shape index (κ1) is 23.5. The minimum atomic E-state index is -0.509. The van der Waals surface area contributed by atoms with Crippen LogP contribution in [0.1, 0.15) is 40.2 Å². The number of aromatic nitrogens is 2. The first-order valence-corrected chi connectivity index (χ1v) is 11.7. The topological polar surface area (TPSA) is 56.1 Å². The summed E-state index contributed by atoms with van der Waals surface area (Å²) in [5.74, 6) is 1.000. The molecule has 6 heteroatoms. The van der Waals surface area contributed by atoms with E-state index in [0.29, 0.717) is 26.0 Å². The van der Waals surface area contributed by atoms with Gasteiger partial charge < -0.3 is 14.6 Å². The Morgan fingerprint density at radius 1 is 1.03 bits per heavy atom. The predicted octanol–water partition coefficient (Wildman–Crippen LogP) is 5.62. The maximum absolute atomic E-state index is 13.8. The number of nitrogens with one attached hydrogen (secondary N) is 1. The van der Waals surface area contributed by atoms with E-state index in [2.05, 4.69) is 41.9 Å². The lowest BCUT2D eigenvalue weighted by Gasteiger charge is -2.12. The molecule has 1 amide bonds. The molecule has 0 bridgehead atoms. The molecule has 0 radical (unpaired) electrons. The highest BCUT2D eigenvalue weighted by Gasteiger charge is 2.12. The Balaban J connectivity index is 1.34. The molecule has 0 unspecified atom stereocenters. The largest absolute Gasteiger partial charge is 0.493 e. The van der Waals surface area contributed by atoms with Gasteiger partial charge in [-0.25, -0.2) is 9.37 Å². The minimum absolute atomic E-state index is 0.0681. The van der Waals surface area contributed by atoms with E-state index in [1.165, 1.54) is 17.7 Å². The van der Waals surface area contributed by atoms with Crippen molar-refractivity contribution in [2.75, 3.05) is 13.2 Å². The van der Waals surface area contributed by atoms with Crippen LogP contribution in [-0.2, 0) is 13.0 Å². The van der Waals surface area contributed by atoms with Crippen LogP contribution in [0, 0.1) is 19.7 Å². The minimum Gasteiger partial charge on any atom is -0.493 e. The number of ether oxygens (including phenoxy) is 1. The monoisotopic (exact) mass is 459 g/mol. The predicted molar refractivity (Wildman–Crippen MR) is 133 cm³/mol. The van der Waals surface area contributed by atoms with Crippen LogP contribution in [0.5, 0.6) is 5.75 Å². The van der Waals surface area contributed by atoms with Crippen molar-refractivity contribution >= 4 is 16.9 Å². The Morgan fingerprint density at radius 2 is 1.82 bits per heavy atom. The van der Waals surface area contributed by atoms with Gasteiger partial charge in [-0.3, -0.25) is 4.79 Å². The molecule has 3 aromatic carbocycles. The van der Waals surface area contributed by atoms with E-state index in [-0.39, 0.29) is 5.56 Å². The smallest absolute Gasteiger partial charge is 0.254 e. The Kier molecular flexibility index (Phi) is 7.58. The number of amides is 1. The molecule has 4 rings (SSSR count). The summed E-state index contributed by atoms with van der Waals surface area (Å²) in [7, 11) is 0. The third-order valence-electron chi connectivity index (χ3n) is 5.83. The summed E-state index contributed by atoms with van der Waals surface area (Å²) in [5, 5.41) is 2.81. The molecule has 1 aromatic heterocycles. The first-order valence-electron chi connectivity index (χ1n) is 11.7. The van der Waals surface area contributed by atoms with Gasteiger partial charge in [-0.2, -0.15) is 0 Å². The number of carbonyl (C=O) groups is 1. The zero-order chi connectivity index (χ0) is 23.9. The van der Waals surface area contributed by atoms with Gasteiger partial charge >= 0.3 is 0 Å². The average Bonchev–Trinajstić information content (AvgIpc) is 3.18. The van der Waals surface area contributed by atoms with E-state index in [1.54, 1.807) is 12.1 Å². The second-order valence-electron chi connectivity index (χ2n) is 8.48. The first-order chi connectivity index (χ1) is 16.5. The highest BCUT2D eigenvalue weighted by Crippen LogP contribution is 2.20. The van der Waals surface area contributed by atoms with Crippen LogP contribution < -0.4 is 10.1 Å². The number of hydrogen-bond donors (Lipinski definition) is 1. The van der Waals surface area contributed by atoms with Gasteiger partial charge in [0.2, 0.25) is 0 Å². The van der Waals surface area contributed by atoms with Gasteiger partial charge in [-0.1, -0.05) is 42.0 Å². The molecule has 0 saturated heterocycles. The zero-order valence-corrected chi connectivity index (χ0v) is 19.7. The number of carbonyl (C=O) groups excluding carboxylic acids is 1. The van der Waals surface area contributed by atoms with Crippen LogP contribution in [0.4, 0.5) is 4.39 Å². The summed E-state index contributed by atoms with van der Waals surface area (Å²) >= 11 is 0. The number of hydrogen-bond acceptors (Lipinski definition) is 3. The van der Waals surface area contributed by atoms with E-state index >= 15 is 0 Å². The van der Waals surface area contributed by atoms with Crippen molar-refractivity contribution < 1.29 is 13.9 Å². The van der Waals surface area contributed by atoms with Crippen molar-refractivity contribution in [3.8, 4) is 5.75 Å². The summed E-state index contributed by atoms with van der Waals surface area (Å²) in [5.41, 5.74) is 4.50. The van der Waals surface area contributed by atoms with Gasteiger partial charge in [-0.15, -0.1) is 0 Å². The van der Waals surface area contributed by atoms with Crippen LogP contribution in [0.25, 0.3) is 11.0 Å². The maximum atomic E-state index is 13.8. The molecule has 176 valence electrons. The summed E-state index contributed by atoms with van der Waals surface area (Å²) in [6.45, 7) is 6.01. The van der Waals surface area contributed by atoms with E-state index < -0.39 is 11.7 Å². The Morgan fingerprint density at radius 3 is 2.65 bits per heavy atom. The van der Waals surface area contributed by atoms with Crippen LogP contribution in [0.15, 0.2) is 66.7 Å². The van der Waals surface area contributed by atoms with Crippen molar-refractivity contribution in [1.29, 1.82) is 0 Å². The van der Waals surface area contributed by atoms with E-state index in [4.69, 9.17) is 9.72 Å². The Labute approximate surface area is 199 Å². The molecule has 34 heavy (non-hydrogen) atoms. The van der Waals surface area contributed by atoms with E-state index in [9.17, 15) is 9.18 Å². The Bertz CT molecular complexity index is 1280. The molecule has 0 spiro atoms. The number of aryl methyl sites for hydroxylation is 4. The SMILES string of the molecule is Cc1ccc(OCCCn2c(CCCNC(=O)c3ccccc3F)nc3ccccc32)c(C)c1. The second kappa shape index (κ2) is 11.0. The van der Waals surface area contributed by atoms with Gasteiger partial charge in [0.15, 0.2) is 0 Å². The van der Waals surface area contributed by atoms with E-state index in [0.717, 1.165) is 41.1 Å². The molecular weight excluding hydrogens is 429 g/mol. The fourth-order valence-corrected chi connectivity index (χ4v) is 4.12. The van der Waals surface area contributed by atoms with Crippen molar-refractivity contribution in [1.82, 2.24) is 14.9 Å². The van der Waals surface area contributed by atoms with Crippen LogP contribution >= 0.6 is 0 Å².